The van der Waals surface area contributed by atoms with Crippen molar-refractivity contribution in [2.45, 2.75) is 38.8 Å². The van der Waals surface area contributed by atoms with Gasteiger partial charge in [0.1, 0.15) is 17.8 Å². The number of amides is 2. The van der Waals surface area contributed by atoms with Gasteiger partial charge in [0.25, 0.3) is 0 Å². The van der Waals surface area contributed by atoms with Crippen molar-refractivity contribution in [1.82, 2.24) is 19.7 Å². The van der Waals surface area contributed by atoms with Crippen LogP contribution in [0.3, 0.4) is 0 Å². The summed E-state index contributed by atoms with van der Waals surface area (Å²) < 4.78 is 1.96. The molecule has 1 N–H and O–H groups in total. The summed E-state index contributed by atoms with van der Waals surface area (Å²) >= 11 is 0. The molecule has 1 unspecified atom stereocenters. The maximum absolute atomic E-state index is 13.1. The van der Waals surface area contributed by atoms with Crippen LogP contribution in [0.5, 0.6) is 0 Å². The maximum atomic E-state index is 13.1. The van der Waals surface area contributed by atoms with Gasteiger partial charge >= 0.3 is 6.03 Å². The summed E-state index contributed by atoms with van der Waals surface area (Å²) in [6, 6.07) is 13.4. The Hall–Kier alpha value is -3.26. The van der Waals surface area contributed by atoms with Gasteiger partial charge < -0.3 is 9.67 Å². The van der Waals surface area contributed by atoms with Crippen molar-refractivity contribution in [1.29, 1.82) is 0 Å². The minimum Gasteiger partial charge on any atom is -0.388 e. The second kappa shape index (κ2) is 7.77. The Balaban J connectivity index is 1.36. The zero-order valence-electron chi connectivity index (χ0n) is 17.7. The highest BCUT2D eigenvalue weighted by atomic mass is 16.3. The Bertz CT molecular complexity index is 1090. The Morgan fingerprint density at radius 3 is 2.48 bits per heavy atom. The molecule has 0 bridgehead atoms. The van der Waals surface area contributed by atoms with Crippen molar-refractivity contribution >= 4 is 17.5 Å². The molecule has 0 radical (unpaired) electrons. The van der Waals surface area contributed by atoms with Crippen molar-refractivity contribution in [3.63, 3.8) is 0 Å². The molecule has 5 rings (SSSR count). The first kappa shape index (κ1) is 19.7. The largest absolute Gasteiger partial charge is 0.388 e. The molecule has 3 heterocycles. The molecule has 1 aromatic carbocycles. The molecular formula is C23H26N6O2. The van der Waals surface area contributed by atoms with Gasteiger partial charge in [-0.1, -0.05) is 18.2 Å². The highest BCUT2D eigenvalue weighted by molar-refractivity contribution is 6.05. The lowest BCUT2D eigenvalue weighted by molar-refractivity contribution is 0.154. The molecule has 1 saturated carbocycles. The van der Waals surface area contributed by atoms with Crippen LogP contribution in [-0.2, 0) is 0 Å². The lowest BCUT2D eigenvalue weighted by Gasteiger charge is -2.19. The van der Waals surface area contributed by atoms with Crippen molar-refractivity contribution in [3.8, 4) is 11.5 Å². The molecule has 2 fully saturated rings. The number of nitrogens with zero attached hydrogens (tertiary/aromatic N) is 6. The number of benzene rings is 1. The molecule has 1 atom stereocenters. The second-order valence-electron chi connectivity index (χ2n) is 8.50. The van der Waals surface area contributed by atoms with E-state index in [1.54, 1.807) is 16.1 Å². The van der Waals surface area contributed by atoms with E-state index in [2.05, 4.69) is 24.0 Å². The zero-order chi connectivity index (χ0) is 21.5. The number of rotatable bonds is 6. The number of hydrogen-bond acceptors (Lipinski definition) is 5. The van der Waals surface area contributed by atoms with Gasteiger partial charge in [0.05, 0.1) is 6.10 Å². The summed E-state index contributed by atoms with van der Waals surface area (Å²) in [6.07, 6.45) is 3.46. The molecule has 8 heteroatoms. The second-order valence-corrected chi connectivity index (χ2v) is 8.50. The van der Waals surface area contributed by atoms with Crippen LogP contribution in [-0.4, -0.2) is 44.0 Å². The van der Waals surface area contributed by atoms with E-state index in [9.17, 15) is 9.90 Å². The lowest BCUT2D eigenvalue weighted by Crippen LogP contribution is -2.32. The third-order valence-corrected chi connectivity index (χ3v) is 5.99. The van der Waals surface area contributed by atoms with Gasteiger partial charge in [0.15, 0.2) is 5.82 Å². The van der Waals surface area contributed by atoms with Gasteiger partial charge in [-0.25, -0.2) is 9.78 Å². The highest BCUT2D eigenvalue weighted by Gasteiger charge is 2.33. The number of carbonyl (C=O) groups excluding carboxylic acids is 1. The van der Waals surface area contributed by atoms with Crippen LogP contribution < -0.4 is 9.80 Å². The van der Waals surface area contributed by atoms with Crippen LogP contribution in [0.15, 0.2) is 48.8 Å². The lowest BCUT2D eigenvalue weighted by atomic mass is 10.1. The van der Waals surface area contributed by atoms with E-state index in [4.69, 9.17) is 4.98 Å². The average Bonchev–Trinajstić information content (AvgIpc) is 3.38. The number of urea groups is 1. The summed E-state index contributed by atoms with van der Waals surface area (Å²) in [5.74, 6) is 1.67. The molecule has 1 aliphatic heterocycles. The third-order valence-electron chi connectivity index (χ3n) is 5.99. The van der Waals surface area contributed by atoms with Gasteiger partial charge in [-0.15, -0.1) is 10.2 Å². The molecule has 31 heavy (non-hydrogen) atoms. The molecule has 2 aromatic heterocycles. The van der Waals surface area contributed by atoms with Crippen LogP contribution in [0.4, 0.5) is 16.3 Å². The summed E-state index contributed by atoms with van der Waals surface area (Å²) in [4.78, 5) is 21.3. The molecule has 160 valence electrons. The normalized spacial score (nSPS) is 17.6. The minimum absolute atomic E-state index is 0.106. The molecule has 2 amide bonds. The van der Waals surface area contributed by atoms with Gasteiger partial charge in [0.2, 0.25) is 0 Å². The van der Waals surface area contributed by atoms with Crippen molar-refractivity contribution < 1.29 is 9.90 Å². The van der Waals surface area contributed by atoms with Crippen molar-refractivity contribution in [2.75, 3.05) is 22.9 Å². The molecule has 8 nitrogen and oxygen atoms in total. The number of pyridine rings is 1. The Labute approximate surface area is 181 Å². The van der Waals surface area contributed by atoms with Crippen LogP contribution in [0.2, 0.25) is 0 Å². The third kappa shape index (κ3) is 3.67. The number of carbonyl (C=O) groups is 1. The number of aromatic nitrogens is 4. The predicted octanol–water partition coefficient (Wildman–Crippen LogP) is 3.81. The van der Waals surface area contributed by atoms with Gasteiger partial charge in [-0.05, 0) is 62.4 Å². The molecule has 2 aliphatic rings. The van der Waals surface area contributed by atoms with E-state index in [0.717, 1.165) is 24.1 Å². The Kier molecular flexibility index (Phi) is 4.94. The number of hydrogen-bond donors (Lipinski definition) is 1. The summed E-state index contributed by atoms with van der Waals surface area (Å²) in [6.45, 7) is 5.26. The summed E-state index contributed by atoms with van der Waals surface area (Å²) in [5, 5.41) is 18.5. The predicted molar refractivity (Wildman–Crippen MR) is 118 cm³/mol. The van der Waals surface area contributed by atoms with Gasteiger partial charge in [-0.2, -0.15) is 0 Å². The number of aliphatic hydroxyl groups is 1. The fourth-order valence-corrected chi connectivity index (χ4v) is 4.03. The van der Waals surface area contributed by atoms with E-state index in [1.807, 2.05) is 47.0 Å². The first-order valence-electron chi connectivity index (χ1n) is 10.8. The van der Waals surface area contributed by atoms with Crippen molar-refractivity contribution in [3.05, 3.63) is 54.4 Å². The van der Waals surface area contributed by atoms with E-state index in [-0.39, 0.29) is 12.1 Å². The first-order valence-corrected chi connectivity index (χ1v) is 10.8. The van der Waals surface area contributed by atoms with E-state index >= 15 is 0 Å². The van der Waals surface area contributed by atoms with E-state index in [0.29, 0.717) is 36.3 Å². The number of aliphatic hydroxyl groups excluding tert-OH is 1. The fraction of sp³-hybridized carbons (Fsp3) is 0.391. The van der Waals surface area contributed by atoms with Gasteiger partial charge in [0, 0.05) is 24.8 Å². The topological polar surface area (TPSA) is 87.4 Å². The average molecular weight is 419 g/mol. The van der Waals surface area contributed by atoms with E-state index in [1.165, 1.54) is 0 Å². The Morgan fingerprint density at radius 2 is 1.77 bits per heavy atom. The summed E-state index contributed by atoms with van der Waals surface area (Å²) in [5.41, 5.74) is 2.43. The standard InChI is InChI=1S/C23H26N6O2/c1-15(2)29-14-24-26-22(29)19-4-3-5-20(25-19)28-13-12-27(23(28)31)18-10-8-17(9-11-18)21(30)16-6-7-16/h3-5,8-11,14-16,21,30H,6-7,12-13H2,1-2H3. The van der Waals surface area contributed by atoms with Gasteiger partial charge in [-0.3, -0.25) is 9.80 Å². The van der Waals surface area contributed by atoms with Crippen LogP contribution >= 0.6 is 0 Å². The highest BCUT2D eigenvalue weighted by Crippen LogP contribution is 2.41. The monoisotopic (exact) mass is 418 g/mol. The fourth-order valence-electron chi connectivity index (χ4n) is 4.03. The summed E-state index contributed by atoms with van der Waals surface area (Å²) in [7, 11) is 0. The molecule has 1 aliphatic carbocycles. The quantitative estimate of drug-likeness (QED) is 0.658. The minimum atomic E-state index is -0.403. The van der Waals surface area contributed by atoms with Crippen LogP contribution in [0, 0.1) is 5.92 Å². The molecular weight excluding hydrogens is 392 g/mol. The van der Waals surface area contributed by atoms with Crippen LogP contribution in [0.1, 0.15) is 44.4 Å². The maximum Gasteiger partial charge on any atom is 0.330 e. The molecule has 3 aromatic rings. The first-order chi connectivity index (χ1) is 15.0. The van der Waals surface area contributed by atoms with Crippen molar-refractivity contribution in [2.24, 2.45) is 5.92 Å². The zero-order valence-corrected chi connectivity index (χ0v) is 17.7. The molecule has 0 spiro atoms. The smallest absolute Gasteiger partial charge is 0.330 e. The molecule has 1 saturated heterocycles. The number of anilines is 2. The van der Waals surface area contributed by atoms with Crippen LogP contribution in [0.25, 0.3) is 11.5 Å². The van der Waals surface area contributed by atoms with E-state index < -0.39 is 6.10 Å². The SMILES string of the molecule is CC(C)n1cnnc1-c1cccc(N2CCN(c3ccc(C(O)C4CC4)cc3)C2=O)n1. The Morgan fingerprint density at radius 1 is 1.03 bits per heavy atom.